The molecule has 0 aliphatic carbocycles. The van der Waals surface area contributed by atoms with Crippen LogP contribution in [-0.2, 0) is 6.42 Å². The number of piperidine rings is 1. The van der Waals surface area contributed by atoms with Gasteiger partial charge in [-0.2, -0.15) is 0 Å². The van der Waals surface area contributed by atoms with Crippen LogP contribution in [0.4, 0.5) is 0 Å². The molecule has 1 heterocycles. The number of nitrogens with one attached hydrogen (secondary N) is 1. The van der Waals surface area contributed by atoms with E-state index >= 15 is 0 Å². The number of phenols is 1. The summed E-state index contributed by atoms with van der Waals surface area (Å²) in [4.78, 5) is 0. The Morgan fingerprint density at radius 3 is 2.88 bits per heavy atom. The van der Waals surface area contributed by atoms with Gasteiger partial charge in [0.2, 0.25) is 0 Å². The van der Waals surface area contributed by atoms with E-state index in [2.05, 4.69) is 5.32 Å². The molecule has 17 heavy (non-hydrogen) atoms. The summed E-state index contributed by atoms with van der Waals surface area (Å²) in [6, 6.07) is 1.84. The molecular weight excluding hydrogens is 234 g/mol. The number of rotatable bonds is 2. The van der Waals surface area contributed by atoms with Crippen molar-refractivity contribution in [2.24, 2.45) is 5.92 Å². The zero-order valence-electron chi connectivity index (χ0n) is 10.5. The largest absolute Gasteiger partial charge is 0.507 e. The fourth-order valence-corrected chi connectivity index (χ4v) is 2.84. The molecule has 2 N–H and O–H groups in total. The Hall–Kier alpha value is -0.730. The summed E-state index contributed by atoms with van der Waals surface area (Å²) in [5, 5.41) is 14.3. The number of aryl methyl sites for hydroxylation is 1. The quantitative estimate of drug-likeness (QED) is 0.848. The van der Waals surface area contributed by atoms with E-state index in [1.54, 1.807) is 0 Å². The summed E-state index contributed by atoms with van der Waals surface area (Å²) in [5.41, 5.74) is 2.93. The lowest BCUT2D eigenvalue weighted by atomic mass is 9.89. The van der Waals surface area contributed by atoms with E-state index in [1.807, 2.05) is 19.9 Å². The highest BCUT2D eigenvalue weighted by Gasteiger charge is 2.18. The van der Waals surface area contributed by atoms with Crippen LogP contribution in [0.1, 0.15) is 29.5 Å². The third-order valence-electron chi connectivity index (χ3n) is 3.71. The zero-order chi connectivity index (χ0) is 12.4. The van der Waals surface area contributed by atoms with Crippen LogP contribution in [0.15, 0.2) is 6.07 Å². The number of benzene rings is 1. The molecule has 0 radical (unpaired) electrons. The molecular formula is C14H20ClNO. The summed E-state index contributed by atoms with van der Waals surface area (Å²) in [5.74, 6) is 1.05. The molecule has 0 spiro atoms. The minimum Gasteiger partial charge on any atom is -0.507 e. The van der Waals surface area contributed by atoms with Crippen molar-refractivity contribution in [2.75, 3.05) is 13.1 Å². The van der Waals surface area contributed by atoms with Gasteiger partial charge in [-0.05, 0) is 74.9 Å². The zero-order valence-corrected chi connectivity index (χ0v) is 11.3. The van der Waals surface area contributed by atoms with E-state index in [1.165, 1.54) is 12.8 Å². The van der Waals surface area contributed by atoms with Crippen molar-refractivity contribution in [1.82, 2.24) is 5.32 Å². The van der Waals surface area contributed by atoms with Gasteiger partial charge in [-0.3, -0.25) is 0 Å². The van der Waals surface area contributed by atoms with Crippen molar-refractivity contribution in [2.45, 2.75) is 33.1 Å². The molecule has 1 aliphatic heterocycles. The van der Waals surface area contributed by atoms with Crippen LogP contribution in [0.2, 0.25) is 5.02 Å². The summed E-state index contributed by atoms with van der Waals surface area (Å²) in [6.45, 7) is 6.07. The Morgan fingerprint density at radius 1 is 1.47 bits per heavy atom. The van der Waals surface area contributed by atoms with Gasteiger partial charge in [0.15, 0.2) is 0 Å². The van der Waals surface area contributed by atoms with Crippen LogP contribution in [0.5, 0.6) is 5.75 Å². The average Bonchev–Trinajstić information content (AvgIpc) is 2.33. The molecule has 0 bridgehead atoms. The standard InChI is InChI=1S/C14H20ClNO/c1-9-6-13(15)10(2)12(14(9)17)7-11-4-3-5-16-8-11/h6,11,16-17H,3-5,7-8H2,1-2H3. The molecule has 2 rings (SSSR count). The first kappa shape index (κ1) is 12.7. The van der Waals surface area contributed by atoms with Gasteiger partial charge in [0, 0.05) is 5.02 Å². The molecule has 1 aromatic carbocycles. The monoisotopic (exact) mass is 253 g/mol. The molecule has 0 amide bonds. The van der Waals surface area contributed by atoms with Crippen molar-refractivity contribution in [1.29, 1.82) is 0 Å². The topological polar surface area (TPSA) is 32.3 Å². The highest BCUT2D eigenvalue weighted by atomic mass is 35.5. The maximum absolute atomic E-state index is 10.2. The molecule has 1 unspecified atom stereocenters. The van der Waals surface area contributed by atoms with Gasteiger partial charge in [0.25, 0.3) is 0 Å². The summed E-state index contributed by atoms with van der Waals surface area (Å²) >= 11 is 6.18. The Balaban J connectivity index is 2.24. The van der Waals surface area contributed by atoms with Crippen molar-refractivity contribution < 1.29 is 5.11 Å². The van der Waals surface area contributed by atoms with Gasteiger partial charge in [-0.1, -0.05) is 11.6 Å². The minimum absolute atomic E-state index is 0.428. The van der Waals surface area contributed by atoms with Crippen LogP contribution in [0.25, 0.3) is 0 Å². The second-order valence-electron chi connectivity index (χ2n) is 5.04. The van der Waals surface area contributed by atoms with Crippen LogP contribution >= 0.6 is 11.6 Å². The van der Waals surface area contributed by atoms with Crippen molar-refractivity contribution in [3.05, 3.63) is 27.8 Å². The van der Waals surface area contributed by atoms with E-state index in [-0.39, 0.29) is 0 Å². The number of phenolic OH excluding ortho intramolecular Hbond substituents is 1. The Kier molecular flexibility index (Phi) is 3.95. The third kappa shape index (κ3) is 2.75. The van der Waals surface area contributed by atoms with E-state index in [9.17, 15) is 5.11 Å². The molecule has 1 aromatic rings. The van der Waals surface area contributed by atoms with E-state index in [0.29, 0.717) is 11.7 Å². The highest BCUT2D eigenvalue weighted by Crippen LogP contribution is 2.33. The van der Waals surface area contributed by atoms with Crippen molar-refractivity contribution >= 4 is 11.6 Å². The normalized spacial score (nSPS) is 20.5. The number of hydrogen-bond acceptors (Lipinski definition) is 2. The van der Waals surface area contributed by atoms with Crippen molar-refractivity contribution in [3.8, 4) is 5.75 Å². The second-order valence-corrected chi connectivity index (χ2v) is 5.45. The van der Waals surface area contributed by atoms with Gasteiger partial charge >= 0.3 is 0 Å². The van der Waals surface area contributed by atoms with Crippen LogP contribution in [0, 0.1) is 19.8 Å². The van der Waals surface area contributed by atoms with Gasteiger partial charge in [-0.15, -0.1) is 0 Å². The lowest BCUT2D eigenvalue weighted by Crippen LogP contribution is -2.31. The Labute approximate surface area is 108 Å². The molecule has 1 saturated heterocycles. The van der Waals surface area contributed by atoms with E-state index in [0.717, 1.165) is 41.2 Å². The first-order valence-electron chi connectivity index (χ1n) is 6.28. The summed E-state index contributed by atoms with van der Waals surface area (Å²) in [7, 11) is 0. The van der Waals surface area contributed by atoms with E-state index in [4.69, 9.17) is 11.6 Å². The number of hydrogen-bond donors (Lipinski definition) is 2. The molecule has 3 heteroatoms. The second kappa shape index (κ2) is 5.28. The molecule has 1 atom stereocenters. The highest BCUT2D eigenvalue weighted by molar-refractivity contribution is 6.31. The van der Waals surface area contributed by atoms with Gasteiger partial charge in [-0.25, -0.2) is 0 Å². The third-order valence-corrected chi connectivity index (χ3v) is 4.10. The van der Waals surface area contributed by atoms with Gasteiger partial charge in [0.05, 0.1) is 0 Å². The smallest absolute Gasteiger partial charge is 0.122 e. The molecule has 0 saturated carbocycles. The van der Waals surface area contributed by atoms with E-state index < -0.39 is 0 Å². The predicted octanol–water partition coefficient (Wildman–Crippen LogP) is 3.20. The molecule has 94 valence electrons. The SMILES string of the molecule is Cc1cc(Cl)c(C)c(CC2CCCNC2)c1O. The molecule has 1 aliphatic rings. The van der Waals surface area contributed by atoms with Gasteiger partial charge < -0.3 is 10.4 Å². The molecule has 0 aromatic heterocycles. The number of aromatic hydroxyl groups is 1. The minimum atomic E-state index is 0.428. The van der Waals surface area contributed by atoms with Gasteiger partial charge in [0.1, 0.15) is 5.75 Å². The Morgan fingerprint density at radius 2 is 2.24 bits per heavy atom. The Bertz CT molecular complexity index is 385. The first-order valence-corrected chi connectivity index (χ1v) is 6.65. The van der Waals surface area contributed by atoms with Crippen LogP contribution in [-0.4, -0.2) is 18.2 Å². The first-order chi connectivity index (χ1) is 8.09. The van der Waals surface area contributed by atoms with Crippen molar-refractivity contribution in [3.63, 3.8) is 0 Å². The molecule has 2 nitrogen and oxygen atoms in total. The fourth-order valence-electron chi connectivity index (χ4n) is 2.56. The van der Waals surface area contributed by atoms with Crippen LogP contribution < -0.4 is 5.32 Å². The lowest BCUT2D eigenvalue weighted by Gasteiger charge is -2.24. The lowest BCUT2D eigenvalue weighted by molar-refractivity contribution is 0.369. The summed E-state index contributed by atoms with van der Waals surface area (Å²) < 4.78 is 0. The number of halogens is 1. The summed E-state index contributed by atoms with van der Waals surface area (Å²) in [6.07, 6.45) is 3.38. The van der Waals surface area contributed by atoms with Crippen LogP contribution in [0.3, 0.4) is 0 Å². The fraction of sp³-hybridized carbons (Fsp3) is 0.571. The predicted molar refractivity (Wildman–Crippen MR) is 71.9 cm³/mol. The maximum Gasteiger partial charge on any atom is 0.122 e. The average molecular weight is 254 g/mol. The molecule has 1 fully saturated rings. The maximum atomic E-state index is 10.2.